The molecule has 3 heteroatoms. The highest BCUT2D eigenvalue weighted by molar-refractivity contribution is 5.94. The average Bonchev–Trinajstić information content (AvgIpc) is 2.54. The molecule has 23 heavy (non-hydrogen) atoms. The van der Waals surface area contributed by atoms with Gasteiger partial charge in [-0.05, 0) is 28.7 Å². The van der Waals surface area contributed by atoms with Crippen molar-refractivity contribution in [1.29, 1.82) is 0 Å². The second-order valence-corrected chi connectivity index (χ2v) is 6.76. The first-order chi connectivity index (χ1) is 10.9. The Labute approximate surface area is 138 Å². The van der Waals surface area contributed by atoms with Crippen molar-refractivity contribution in [2.24, 2.45) is 0 Å². The summed E-state index contributed by atoms with van der Waals surface area (Å²) in [6, 6.07) is 17.6. The summed E-state index contributed by atoms with van der Waals surface area (Å²) >= 11 is 0. The third-order valence-electron chi connectivity index (χ3n) is 3.87. The molecule has 2 aromatic carbocycles. The van der Waals surface area contributed by atoms with Crippen molar-refractivity contribution in [3.63, 3.8) is 0 Å². The van der Waals surface area contributed by atoms with Crippen LogP contribution in [0.5, 0.6) is 0 Å². The molecule has 2 aromatic rings. The Balaban J connectivity index is 2.17. The lowest BCUT2D eigenvalue weighted by atomic mass is 9.86. The maximum atomic E-state index is 12.7. The number of nitrogens with zero attached hydrogens (tertiary/aromatic N) is 1. The van der Waals surface area contributed by atoms with Gasteiger partial charge in [0.05, 0.1) is 6.61 Å². The zero-order valence-electron chi connectivity index (χ0n) is 14.1. The molecule has 0 fully saturated rings. The van der Waals surface area contributed by atoms with Crippen LogP contribution in [-0.4, -0.2) is 29.1 Å². The van der Waals surface area contributed by atoms with Crippen LogP contribution in [0.15, 0.2) is 54.6 Å². The number of rotatable bonds is 5. The maximum Gasteiger partial charge on any atom is 0.254 e. The van der Waals surface area contributed by atoms with Crippen molar-refractivity contribution in [3.8, 4) is 0 Å². The molecule has 3 nitrogen and oxygen atoms in total. The summed E-state index contributed by atoms with van der Waals surface area (Å²) < 4.78 is 0. The second-order valence-electron chi connectivity index (χ2n) is 6.76. The zero-order valence-corrected chi connectivity index (χ0v) is 14.1. The van der Waals surface area contributed by atoms with Gasteiger partial charge >= 0.3 is 0 Å². The largest absolute Gasteiger partial charge is 0.395 e. The summed E-state index contributed by atoms with van der Waals surface area (Å²) in [4.78, 5) is 14.4. The van der Waals surface area contributed by atoms with Crippen LogP contribution in [0.25, 0.3) is 0 Å². The molecule has 0 saturated carbocycles. The van der Waals surface area contributed by atoms with Crippen molar-refractivity contribution in [3.05, 3.63) is 71.3 Å². The van der Waals surface area contributed by atoms with E-state index in [-0.39, 0.29) is 17.9 Å². The van der Waals surface area contributed by atoms with Gasteiger partial charge in [0.2, 0.25) is 0 Å². The monoisotopic (exact) mass is 311 g/mol. The number of hydrogen-bond acceptors (Lipinski definition) is 2. The van der Waals surface area contributed by atoms with Gasteiger partial charge in [0.15, 0.2) is 0 Å². The van der Waals surface area contributed by atoms with Gasteiger partial charge in [-0.1, -0.05) is 63.2 Å². The van der Waals surface area contributed by atoms with E-state index in [0.29, 0.717) is 18.7 Å². The number of amides is 1. The summed E-state index contributed by atoms with van der Waals surface area (Å²) in [5, 5.41) is 9.27. The topological polar surface area (TPSA) is 40.5 Å². The number of carbonyl (C=O) groups excluding carboxylic acids is 1. The highest BCUT2D eigenvalue weighted by Crippen LogP contribution is 2.22. The minimum absolute atomic E-state index is 0.0430. The summed E-state index contributed by atoms with van der Waals surface area (Å²) in [5.41, 5.74) is 2.98. The van der Waals surface area contributed by atoms with Gasteiger partial charge in [-0.2, -0.15) is 0 Å². The van der Waals surface area contributed by atoms with E-state index in [1.54, 1.807) is 4.90 Å². The molecule has 0 aliphatic heterocycles. The van der Waals surface area contributed by atoms with Crippen LogP contribution < -0.4 is 0 Å². The van der Waals surface area contributed by atoms with Crippen molar-refractivity contribution in [2.75, 3.05) is 13.2 Å². The summed E-state index contributed by atoms with van der Waals surface area (Å²) in [7, 11) is 0. The quantitative estimate of drug-likeness (QED) is 0.916. The van der Waals surface area contributed by atoms with Gasteiger partial charge in [0, 0.05) is 18.7 Å². The van der Waals surface area contributed by atoms with Crippen LogP contribution in [0.2, 0.25) is 0 Å². The normalized spacial score (nSPS) is 11.3. The predicted molar refractivity (Wildman–Crippen MR) is 93.4 cm³/mol. The summed E-state index contributed by atoms with van der Waals surface area (Å²) in [5.74, 6) is -0.0524. The lowest BCUT2D eigenvalue weighted by Gasteiger charge is -2.23. The van der Waals surface area contributed by atoms with E-state index in [2.05, 4.69) is 20.8 Å². The van der Waals surface area contributed by atoms with Crippen LogP contribution in [0, 0.1) is 0 Å². The molecular weight excluding hydrogens is 286 g/mol. The Bertz CT molecular complexity index is 627. The van der Waals surface area contributed by atoms with E-state index in [9.17, 15) is 9.90 Å². The standard InChI is InChI=1S/C20H25NO2/c1-20(2,3)18-11-9-17(10-12-18)19(23)21(13-14-22)15-16-7-5-4-6-8-16/h4-12,22H,13-15H2,1-3H3. The summed E-state index contributed by atoms with van der Waals surface area (Å²) in [6.07, 6.45) is 0. The van der Waals surface area contributed by atoms with Crippen molar-refractivity contribution >= 4 is 5.91 Å². The number of aliphatic hydroxyl groups excluding tert-OH is 1. The molecule has 0 radical (unpaired) electrons. The highest BCUT2D eigenvalue weighted by Gasteiger charge is 2.18. The number of hydrogen-bond donors (Lipinski definition) is 1. The molecule has 0 atom stereocenters. The minimum Gasteiger partial charge on any atom is -0.395 e. The lowest BCUT2D eigenvalue weighted by Crippen LogP contribution is -2.33. The maximum absolute atomic E-state index is 12.7. The van der Waals surface area contributed by atoms with E-state index < -0.39 is 0 Å². The number of carbonyl (C=O) groups is 1. The third kappa shape index (κ3) is 4.67. The Morgan fingerprint density at radius 3 is 2.13 bits per heavy atom. The van der Waals surface area contributed by atoms with Crippen LogP contribution in [-0.2, 0) is 12.0 Å². The van der Waals surface area contributed by atoms with E-state index in [0.717, 1.165) is 5.56 Å². The van der Waals surface area contributed by atoms with Crippen LogP contribution in [0.4, 0.5) is 0 Å². The van der Waals surface area contributed by atoms with Crippen molar-refractivity contribution in [2.45, 2.75) is 32.7 Å². The molecule has 0 unspecified atom stereocenters. The molecule has 0 saturated heterocycles. The molecule has 0 spiro atoms. The van der Waals surface area contributed by atoms with E-state index in [4.69, 9.17) is 0 Å². The smallest absolute Gasteiger partial charge is 0.254 e. The van der Waals surface area contributed by atoms with Gasteiger partial charge in [0.1, 0.15) is 0 Å². The van der Waals surface area contributed by atoms with Crippen LogP contribution in [0.3, 0.4) is 0 Å². The van der Waals surface area contributed by atoms with Crippen LogP contribution in [0.1, 0.15) is 42.3 Å². The van der Waals surface area contributed by atoms with E-state index in [1.165, 1.54) is 5.56 Å². The molecule has 0 aliphatic carbocycles. The van der Waals surface area contributed by atoms with Gasteiger partial charge in [-0.25, -0.2) is 0 Å². The van der Waals surface area contributed by atoms with Crippen molar-refractivity contribution in [1.82, 2.24) is 4.90 Å². The minimum atomic E-state index is -0.0524. The fourth-order valence-electron chi connectivity index (χ4n) is 2.47. The van der Waals surface area contributed by atoms with Gasteiger partial charge in [0.25, 0.3) is 5.91 Å². The second kappa shape index (κ2) is 7.42. The molecule has 0 aromatic heterocycles. The first-order valence-corrected chi connectivity index (χ1v) is 7.96. The van der Waals surface area contributed by atoms with E-state index >= 15 is 0 Å². The third-order valence-corrected chi connectivity index (χ3v) is 3.87. The van der Waals surface area contributed by atoms with Crippen molar-refractivity contribution < 1.29 is 9.90 Å². The predicted octanol–water partition coefficient (Wildman–Crippen LogP) is 3.62. The molecule has 1 amide bonds. The Kier molecular flexibility index (Phi) is 5.56. The molecule has 0 aliphatic rings. The van der Waals surface area contributed by atoms with E-state index in [1.807, 2.05) is 54.6 Å². The van der Waals surface area contributed by atoms with Gasteiger partial charge in [-0.3, -0.25) is 4.79 Å². The Hall–Kier alpha value is -2.13. The molecule has 0 heterocycles. The first kappa shape index (κ1) is 17.2. The Morgan fingerprint density at radius 1 is 1.00 bits per heavy atom. The number of aliphatic hydroxyl groups is 1. The average molecular weight is 311 g/mol. The number of benzene rings is 2. The molecular formula is C20H25NO2. The van der Waals surface area contributed by atoms with Gasteiger partial charge in [-0.15, -0.1) is 0 Å². The fourth-order valence-corrected chi connectivity index (χ4v) is 2.47. The highest BCUT2D eigenvalue weighted by atomic mass is 16.3. The Morgan fingerprint density at radius 2 is 1.61 bits per heavy atom. The van der Waals surface area contributed by atoms with Crippen LogP contribution >= 0.6 is 0 Å². The molecule has 0 bridgehead atoms. The fraction of sp³-hybridized carbons (Fsp3) is 0.350. The molecule has 2 rings (SSSR count). The zero-order chi connectivity index (χ0) is 16.9. The first-order valence-electron chi connectivity index (χ1n) is 7.96. The molecule has 122 valence electrons. The SMILES string of the molecule is CC(C)(C)c1ccc(C(=O)N(CCO)Cc2ccccc2)cc1. The lowest BCUT2D eigenvalue weighted by molar-refractivity contribution is 0.0708. The summed E-state index contributed by atoms with van der Waals surface area (Å²) in [6.45, 7) is 7.24. The van der Waals surface area contributed by atoms with Gasteiger partial charge < -0.3 is 10.0 Å². The molecule has 1 N–H and O–H groups in total.